The van der Waals surface area contributed by atoms with Crippen molar-refractivity contribution in [2.45, 2.75) is 45.2 Å². The lowest BCUT2D eigenvalue weighted by Crippen LogP contribution is -2.47. The van der Waals surface area contributed by atoms with Gasteiger partial charge in [0.25, 0.3) is 0 Å². The van der Waals surface area contributed by atoms with E-state index in [4.69, 9.17) is 11.1 Å². The molecule has 0 saturated carbocycles. The fourth-order valence-corrected chi connectivity index (χ4v) is 2.71. The van der Waals surface area contributed by atoms with Crippen molar-refractivity contribution in [2.75, 3.05) is 5.75 Å². The van der Waals surface area contributed by atoms with Crippen molar-refractivity contribution in [3.8, 4) is 0 Å². The van der Waals surface area contributed by atoms with Crippen LogP contribution in [0.4, 0.5) is 0 Å². The van der Waals surface area contributed by atoms with E-state index in [9.17, 15) is 5.21 Å². The highest BCUT2D eigenvalue weighted by Gasteiger charge is 2.44. The van der Waals surface area contributed by atoms with Gasteiger partial charge in [0.15, 0.2) is 5.17 Å². The molecule has 0 saturated heterocycles. The van der Waals surface area contributed by atoms with Gasteiger partial charge in [0, 0.05) is 5.75 Å². The molecule has 1 aliphatic heterocycles. The van der Waals surface area contributed by atoms with Crippen LogP contribution >= 0.6 is 11.8 Å². The predicted octanol–water partition coefficient (Wildman–Crippen LogP) is 2.19. The summed E-state index contributed by atoms with van der Waals surface area (Å²) < 4.78 is 0. The first-order valence-corrected chi connectivity index (χ1v) is 6.35. The smallest absolute Gasteiger partial charge is 0.151 e. The van der Waals surface area contributed by atoms with Crippen LogP contribution in [0.15, 0.2) is 11.6 Å². The monoisotopic (exact) mass is 243 g/mol. The maximum absolute atomic E-state index is 10.1. The van der Waals surface area contributed by atoms with Crippen molar-refractivity contribution >= 4 is 16.9 Å². The van der Waals surface area contributed by atoms with Crippen molar-refractivity contribution in [3.63, 3.8) is 0 Å². The van der Waals surface area contributed by atoms with Gasteiger partial charge in [0.1, 0.15) is 0 Å². The molecule has 1 aliphatic rings. The van der Waals surface area contributed by atoms with Gasteiger partial charge in [0.2, 0.25) is 0 Å². The summed E-state index contributed by atoms with van der Waals surface area (Å²) >= 11 is 1.34. The Labute approximate surface area is 101 Å². The quantitative estimate of drug-likeness (QED) is 0.403. The number of hydrogen-bond donors (Lipinski definition) is 3. The van der Waals surface area contributed by atoms with E-state index in [-0.39, 0.29) is 16.2 Å². The molecule has 0 bridgehead atoms. The largest absolute Gasteiger partial charge is 0.379 e. The van der Waals surface area contributed by atoms with E-state index < -0.39 is 0 Å². The minimum atomic E-state index is -0.332. The van der Waals surface area contributed by atoms with Gasteiger partial charge in [-0.2, -0.15) is 5.06 Å². The van der Waals surface area contributed by atoms with E-state index in [0.29, 0.717) is 0 Å². The van der Waals surface area contributed by atoms with Crippen LogP contribution in [-0.4, -0.2) is 32.3 Å². The SMILES string of the molecule is CC1(C)C=C(CCSC(=N)N)C(C)(C)N1O. The third kappa shape index (κ3) is 2.59. The Morgan fingerprint density at radius 1 is 1.50 bits per heavy atom. The average molecular weight is 243 g/mol. The molecule has 0 fully saturated rings. The zero-order valence-corrected chi connectivity index (χ0v) is 11.2. The van der Waals surface area contributed by atoms with Gasteiger partial charge in [-0.05, 0) is 39.7 Å². The molecule has 0 aliphatic carbocycles. The molecule has 0 aromatic carbocycles. The highest BCUT2D eigenvalue weighted by atomic mass is 32.2. The molecule has 0 amide bonds. The first-order chi connectivity index (χ1) is 7.18. The van der Waals surface area contributed by atoms with Gasteiger partial charge in [-0.3, -0.25) is 5.41 Å². The summed E-state index contributed by atoms with van der Waals surface area (Å²) in [7, 11) is 0. The first kappa shape index (κ1) is 13.5. The van der Waals surface area contributed by atoms with E-state index in [1.165, 1.54) is 22.4 Å². The normalized spacial score (nSPS) is 23.2. The molecule has 5 heteroatoms. The van der Waals surface area contributed by atoms with Crippen LogP contribution < -0.4 is 5.73 Å². The van der Waals surface area contributed by atoms with Crippen LogP contribution in [0, 0.1) is 5.41 Å². The molecule has 0 atom stereocenters. The van der Waals surface area contributed by atoms with E-state index in [2.05, 4.69) is 6.08 Å². The maximum Gasteiger partial charge on any atom is 0.151 e. The van der Waals surface area contributed by atoms with Crippen molar-refractivity contribution < 1.29 is 5.21 Å². The highest BCUT2D eigenvalue weighted by molar-refractivity contribution is 8.13. The van der Waals surface area contributed by atoms with E-state index >= 15 is 0 Å². The number of nitrogens with two attached hydrogens (primary N) is 1. The minimum absolute atomic E-state index is 0.150. The lowest BCUT2D eigenvalue weighted by atomic mass is 9.94. The summed E-state index contributed by atoms with van der Waals surface area (Å²) in [6.45, 7) is 7.98. The Balaban J connectivity index is 2.69. The number of nitrogens with zero attached hydrogens (tertiary/aromatic N) is 1. The van der Waals surface area contributed by atoms with E-state index in [1.807, 2.05) is 27.7 Å². The Morgan fingerprint density at radius 2 is 2.06 bits per heavy atom. The second-order valence-corrected chi connectivity index (χ2v) is 6.29. The van der Waals surface area contributed by atoms with Gasteiger partial charge >= 0.3 is 0 Å². The summed E-state index contributed by atoms with van der Waals surface area (Å²) in [4.78, 5) is 0. The molecular weight excluding hydrogens is 222 g/mol. The van der Waals surface area contributed by atoms with Gasteiger partial charge in [0.05, 0.1) is 11.1 Å². The number of nitrogens with one attached hydrogen (secondary N) is 1. The molecule has 0 aromatic rings. The zero-order valence-electron chi connectivity index (χ0n) is 10.4. The van der Waals surface area contributed by atoms with E-state index in [1.54, 1.807) is 0 Å². The fraction of sp³-hybridized carbons (Fsp3) is 0.727. The maximum atomic E-state index is 10.1. The van der Waals surface area contributed by atoms with Crippen LogP contribution in [0.5, 0.6) is 0 Å². The van der Waals surface area contributed by atoms with Gasteiger partial charge in [-0.1, -0.05) is 17.8 Å². The van der Waals surface area contributed by atoms with Crippen LogP contribution in [0.2, 0.25) is 0 Å². The predicted molar refractivity (Wildman–Crippen MR) is 68.9 cm³/mol. The van der Waals surface area contributed by atoms with Gasteiger partial charge in [-0.15, -0.1) is 0 Å². The molecule has 92 valence electrons. The van der Waals surface area contributed by atoms with E-state index in [0.717, 1.165) is 12.2 Å². The minimum Gasteiger partial charge on any atom is -0.379 e. The number of thioether (sulfide) groups is 1. The molecule has 16 heavy (non-hydrogen) atoms. The van der Waals surface area contributed by atoms with Crippen LogP contribution in [-0.2, 0) is 0 Å². The van der Waals surface area contributed by atoms with Crippen LogP contribution in [0.1, 0.15) is 34.1 Å². The second kappa shape index (κ2) is 4.39. The van der Waals surface area contributed by atoms with Crippen molar-refractivity contribution in [1.82, 2.24) is 5.06 Å². The summed E-state index contributed by atoms with van der Waals surface area (Å²) in [6, 6.07) is 0. The molecule has 0 unspecified atom stereocenters. The van der Waals surface area contributed by atoms with Crippen molar-refractivity contribution in [3.05, 3.63) is 11.6 Å². The number of hydrogen-bond acceptors (Lipinski definition) is 4. The summed E-state index contributed by atoms with van der Waals surface area (Å²) in [5, 5.41) is 18.8. The summed E-state index contributed by atoms with van der Waals surface area (Å²) in [5.74, 6) is 0.786. The Hall–Kier alpha value is -0.520. The number of hydroxylamine groups is 2. The van der Waals surface area contributed by atoms with Crippen LogP contribution in [0.25, 0.3) is 0 Å². The lowest BCUT2D eigenvalue weighted by Gasteiger charge is -2.36. The highest BCUT2D eigenvalue weighted by Crippen LogP contribution is 2.39. The summed E-state index contributed by atoms with van der Waals surface area (Å²) in [6.07, 6.45) is 2.95. The second-order valence-electron chi connectivity index (χ2n) is 5.16. The molecule has 4 N–H and O–H groups in total. The zero-order chi connectivity index (χ0) is 12.6. The molecule has 0 aromatic heterocycles. The molecule has 1 rings (SSSR count). The number of rotatable bonds is 3. The molecule has 0 radical (unpaired) electrons. The Kier molecular flexibility index (Phi) is 3.72. The Bertz CT molecular complexity index is 323. The molecule has 1 heterocycles. The fourth-order valence-electron chi connectivity index (χ4n) is 2.17. The summed E-state index contributed by atoms with van der Waals surface area (Å²) in [5.41, 5.74) is 5.84. The van der Waals surface area contributed by atoms with Crippen LogP contribution in [0.3, 0.4) is 0 Å². The average Bonchev–Trinajstić information content (AvgIpc) is 2.27. The Morgan fingerprint density at radius 3 is 2.44 bits per heavy atom. The molecule has 4 nitrogen and oxygen atoms in total. The van der Waals surface area contributed by atoms with Crippen molar-refractivity contribution in [2.24, 2.45) is 5.73 Å². The van der Waals surface area contributed by atoms with Gasteiger partial charge in [-0.25, -0.2) is 0 Å². The lowest BCUT2D eigenvalue weighted by molar-refractivity contribution is -0.185. The third-order valence-corrected chi connectivity index (χ3v) is 3.74. The van der Waals surface area contributed by atoms with Crippen molar-refractivity contribution in [1.29, 1.82) is 5.41 Å². The first-order valence-electron chi connectivity index (χ1n) is 5.36. The standard InChI is InChI=1S/C11H21N3OS/c1-10(2)7-8(5-6-16-9(12)13)11(3,4)14(10)15/h7,15H,5-6H2,1-4H3,(H3,12,13). The molecular formula is C11H21N3OS. The third-order valence-electron chi connectivity index (χ3n) is 3.02. The molecule has 0 spiro atoms. The van der Waals surface area contributed by atoms with Gasteiger partial charge < -0.3 is 10.9 Å². The topological polar surface area (TPSA) is 73.3 Å². The number of amidine groups is 1.